The van der Waals surface area contributed by atoms with Gasteiger partial charge in [-0.15, -0.1) is 0 Å². The number of carbonyl (C=O) groups is 1. The molecule has 0 bridgehead atoms. The highest BCUT2D eigenvalue weighted by atomic mass is 35.5. The molecule has 0 fully saturated rings. The molecule has 0 aliphatic rings. The summed E-state index contributed by atoms with van der Waals surface area (Å²) in [5, 5.41) is 9.62. The highest BCUT2D eigenvalue weighted by Crippen LogP contribution is 2.32. The van der Waals surface area contributed by atoms with Crippen molar-refractivity contribution in [1.29, 1.82) is 5.26 Å². The van der Waals surface area contributed by atoms with Crippen molar-refractivity contribution in [2.24, 2.45) is 0 Å². The van der Waals surface area contributed by atoms with E-state index in [1.807, 2.05) is 6.07 Å². The SMILES string of the molecule is N#Cc1cc(Cl)c(Cl)cc1-c1ccc(C=O)o1. The Morgan fingerprint density at radius 1 is 1.24 bits per heavy atom. The molecule has 3 nitrogen and oxygen atoms in total. The van der Waals surface area contributed by atoms with Crippen molar-refractivity contribution in [3.63, 3.8) is 0 Å². The molecule has 17 heavy (non-hydrogen) atoms. The number of furan rings is 1. The smallest absolute Gasteiger partial charge is 0.185 e. The molecule has 2 rings (SSSR count). The van der Waals surface area contributed by atoms with E-state index in [-0.39, 0.29) is 5.76 Å². The van der Waals surface area contributed by atoms with Crippen LogP contribution in [-0.2, 0) is 0 Å². The summed E-state index contributed by atoms with van der Waals surface area (Å²) in [6.07, 6.45) is 0.590. The molecule has 2 aromatic rings. The third-order valence-corrected chi connectivity index (χ3v) is 2.91. The van der Waals surface area contributed by atoms with E-state index in [1.165, 1.54) is 18.2 Å². The lowest BCUT2D eigenvalue weighted by Crippen LogP contribution is -1.84. The van der Waals surface area contributed by atoms with E-state index in [1.54, 1.807) is 6.07 Å². The van der Waals surface area contributed by atoms with Gasteiger partial charge in [-0.05, 0) is 24.3 Å². The largest absolute Gasteiger partial charge is 0.453 e. The van der Waals surface area contributed by atoms with E-state index in [9.17, 15) is 4.79 Å². The minimum atomic E-state index is 0.190. The van der Waals surface area contributed by atoms with Gasteiger partial charge >= 0.3 is 0 Å². The summed E-state index contributed by atoms with van der Waals surface area (Å²) in [7, 11) is 0. The monoisotopic (exact) mass is 265 g/mol. The van der Waals surface area contributed by atoms with E-state index in [2.05, 4.69) is 0 Å². The molecule has 0 atom stereocenters. The fourth-order valence-electron chi connectivity index (χ4n) is 1.40. The molecular weight excluding hydrogens is 261 g/mol. The molecule has 84 valence electrons. The minimum absolute atomic E-state index is 0.190. The van der Waals surface area contributed by atoms with Crippen LogP contribution < -0.4 is 0 Å². The number of carbonyl (C=O) groups excluding carboxylic acids is 1. The zero-order chi connectivity index (χ0) is 12.4. The summed E-state index contributed by atoms with van der Waals surface area (Å²) in [5.74, 6) is 0.595. The van der Waals surface area contributed by atoms with Crippen LogP contribution in [0.2, 0.25) is 10.0 Å². The second kappa shape index (κ2) is 4.62. The van der Waals surface area contributed by atoms with Crippen molar-refractivity contribution in [1.82, 2.24) is 0 Å². The topological polar surface area (TPSA) is 54.0 Å². The molecule has 0 saturated heterocycles. The number of benzene rings is 1. The van der Waals surface area contributed by atoms with Gasteiger partial charge in [-0.25, -0.2) is 0 Å². The van der Waals surface area contributed by atoms with E-state index in [0.29, 0.717) is 33.2 Å². The van der Waals surface area contributed by atoms with Crippen LogP contribution in [0.4, 0.5) is 0 Å². The lowest BCUT2D eigenvalue weighted by Gasteiger charge is -2.03. The summed E-state index contributed by atoms with van der Waals surface area (Å²) < 4.78 is 5.24. The van der Waals surface area contributed by atoms with Crippen LogP contribution in [0.3, 0.4) is 0 Å². The van der Waals surface area contributed by atoms with Crippen LogP contribution in [-0.4, -0.2) is 6.29 Å². The Morgan fingerprint density at radius 3 is 2.53 bits per heavy atom. The van der Waals surface area contributed by atoms with Crippen molar-refractivity contribution in [2.75, 3.05) is 0 Å². The van der Waals surface area contributed by atoms with Gasteiger partial charge in [0.1, 0.15) is 5.76 Å². The summed E-state index contributed by atoms with van der Waals surface area (Å²) >= 11 is 11.7. The Bertz CT molecular complexity index is 626. The molecular formula is C12H5Cl2NO2. The number of hydrogen-bond donors (Lipinski definition) is 0. The number of aldehydes is 1. The molecule has 0 radical (unpaired) electrons. The Balaban J connectivity index is 2.62. The molecule has 1 aromatic heterocycles. The Hall–Kier alpha value is -1.76. The summed E-state index contributed by atoms with van der Waals surface area (Å²) in [6.45, 7) is 0. The zero-order valence-corrected chi connectivity index (χ0v) is 9.92. The van der Waals surface area contributed by atoms with Crippen LogP contribution in [0.1, 0.15) is 16.1 Å². The van der Waals surface area contributed by atoms with Crippen LogP contribution >= 0.6 is 23.2 Å². The van der Waals surface area contributed by atoms with Crippen LogP contribution in [0, 0.1) is 11.3 Å². The molecule has 0 aliphatic heterocycles. The first kappa shape index (κ1) is 11.7. The van der Waals surface area contributed by atoms with Gasteiger partial charge in [0.25, 0.3) is 0 Å². The average molecular weight is 266 g/mol. The number of hydrogen-bond acceptors (Lipinski definition) is 3. The van der Waals surface area contributed by atoms with Gasteiger partial charge in [0.15, 0.2) is 12.0 Å². The first-order chi connectivity index (χ1) is 8.15. The first-order valence-electron chi connectivity index (χ1n) is 4.60. The van der Waals surface area contributed by atoms with Gasteiger partial charge in [0.2, 0.25) is 0 Å². The van der Waals surface area contributed by atoms with E-state index in [0.717, 1.165) is 0 Å². The van der Waals surface area contributed by atoms with E-state index < -0.39 is 0 Å². The average Bonchev–Trinajstić information content (AvgIpc) is 2.80. The Kier molecular flexibility index (Phi) is 3.19. The van der Waals surface area contributed by atoms with Gasteiger partial charge in [-0.1, -0.05) is 23.2 Å². The van der Waals surface area contributed by atoms with E-state index >= 15 is 0 Å². The number of nitriles is 1. The zero-order valence-electron chi connectivity index (χ0n) is 8.41. The van der Waals surface area contributed by atoms with Gasteiger partial charge in [-0.3, -0.25) is 4.79 Å². The summed E-state index contributed by atoms with van der Waals surface area (Å²) in [6, 6.07) is 8.12. The normalized spacial score (nSPS) is 9.94. The van der Waals surface area contributed by atoms with Crippen LogP contribution in [0.5, 0.6) is 0 Å². The first-order valence-corrected chi connectivity index (χ1v) is 5.36. The fourth-order valence-corrected chi connectivity index (χ4v) is 1.73. The molecule has 1 aromatic carbocycles. The fraction of sp³-hybridized carbons (Fsp3) is 0. The molecule has 0 N–H and O–H groups in total. The van der Waals surface area contributed by atoms with Crippen molar-refractivity contribution >= 4 is 29.5 Å². The highest BCUT2D eigenvalue weighted by molar-refractivity contribution is 6.42. The molecule has 5 heteroatoms. The maximum Gasteiger partial charge on any atom is 0.185 e. The van der Waals surface area contributed by atoms with Crippen molar-refractivity contribution < 1.29 is 9.21 Å². The molecule has 0 amide bonds. The van der Waals surface area contributed by atoms with Crippen LogP contribution in [0.25, 0.3) is 11.3 Å². The molecule has 0 unspecified atom stereocenters. The predicted molar refractivity (Wildman–Crippen MR) is 64.3 cm³/mol. The molecule has 0 spiro atoms. The van der Waals surface area contributed by atoms with Crippen molar-refractivity contribution in [3.8, 4) is 17.4 Å². The molecule has 0 saturated carbocycles. The van der Waals surface area contributed by atoms with Crippen molar-refractivity contribution in [3.05, 3.63) is 45.6 Å². The number of rotatable bonds is 2. The second-order valence-corrected chi connectivity index (χ2v) is 4.06. The van der Waals surface area contributed by atoms with Gasteiger partial charge in [0, 0.05) is 5.56 Å². The highest BCUT2D eigenvalue weighted by Gasteiger charge is 2.12. The van der Waals surface area contributed by atoms with Crippen LogP contribution in [0.15, 0.2) is 28.7 Å². The third-order valence-electron chi connectivity index (χ3n) is 2.19. The van der Waals surface area contributed by atoms with E-state index in [4.69, 9.17) is 32.9 Å². The quantitative estimate of drug-likeness (QED) is 0.773. The predicted octanol–water partition coefficient (Wildman–Crippen LogP) is 3.94. The Morgan fingerprint density at radius 2 is 1.94 bits per heavy atom. The van der Waals surface area contributed by atoms with Gasteiger partial charge < -0.3 is 4.42 Å². The minimum Gasteiger partial charge on any atom is -0.453 e. The lowest BCUT2D eigenvalue weighted by atomic mass is 10.1. The second-order valence-electron chi connectivity index (χ2n) is 3.24. The van der Waals surface area contributed by atoms with Gasteiger partial charge in [0.05, 0.1) is 21.7 Å². The standard InChI is InChI=1S/C12H5Cl2NO2/c13-10-3-7(5-15)9(4-11(10)14)12-2-1-8(6-16)17-12/h1-4,6H. The lowest BCUT2D eigenvalue weighted by molar-refractivity contribution is 0.110. The molecule has 1 heterocycles. The maximum atomic E-state index is 10.5. The molecule has 0 aliphatic carbocycles. The number of halogens is 2. The van der Waals surface area contributed by atoms with Crippen molar-refractivity contribution in [2.45, 2.75) is 0 Å². The Labute approximate surface area is 107 Å². The van der Waals surface area contributed by atoms with Gasteiger partial charge in [-0.2, -0.15) is 5.26 Å². The number of nitrogens with zero attached hydrogens (tertiary/aromatic N) is 1. The summed E-state index contributed by atoms with van der Waals surface area (Å²) in [5.41, 5.74) is 0.848. The maximum absolute atomic E-state index is 10.5. The third kappa shape index (κ3) is 2.19. The summed E-state index contributed by atoms with van der Waals surface area (Å²) in [4.78, 5) is 10.5.